The predicted molar refractivity (Wildman–Crippen MR) is 93.9 cm³/mol. The fraction of sp³-hybridized carbons (Fsp3) is 0.368. The molecule has 0 fully saturated rings. The molecule has 0 radical (unpaired) electrons. The van der Waals surface area contributed by atoms with Crippen LogP contribution in [0.15, 0.2) is 47.4 Å². The van der Waals surface area contributed by atoms with E-state index >= 15 is 0 Å². The van der Waals surface area contributed by atoms with E-state index in [1.165, 1.54) is 27.1 Å². The molecule has 2 aromatic rings. The number of nitrogens with one attached hydrogen (secondary N) is 1. The van der Waals surface area contributed by atoms with Crippen LogP contribution in [-0.2, 0) is 12.3 Å². The van der Waals surface area contributed by atoms with Gasteiger partial charge in [0.25, 0.3) is 0 Å². The van der Waals surface area contributed by atoms with E-state index in [1.807, 2.05) is 11.8 Å². The summed E-state index contributed by atoms with van der Waals surface area (Å²) in [4.78, 5) is 1.34. The van der Waals surface area contributed by atoms with E-state index < -0.39 is 0 Å². The second kappa shape index (κ2) is 7.67. The van der Waals surface area contributed by atoms with Gasteiger partial charge in [0.05, 0.1) is 0 Å². The molecule has 0 atom stereocenters. The molecular weight excluding hydrogens is 274 g/mol. The molecule has 112 valence electrons. The van der Waals surface area contributed by atoms with Crippen molar-refractivity contribution in [1.82, 2.24) is 5.32 Å². The quantitative estimate of drug-likeness (QED) is 0.745. The number of hydrogen-bond acceptors (Lipinski definition) is 2. The average molecular weight is 299 g/mol. The molecule has 2 heteroatoms. The summed E-state index contributed by atoms with van der Waals surface area (Å²) >= 11 is 1.91. The molecule has 21 heavy (non-hydrogen) atoms. The Labute approximate surface area is 133 Å². The van der Waals surface area contributed by atoms with Crippen LogP contribution in [-0.4, -0.2) is 6.04 Å². The normalized spacial score (nSPS) is 11.1. The zero-order valence-electron chi connectivity index (χ0n) is 13.4. The van der Waals surface area contributed by atoms with Gasteiger partial charge in [0.2, 0.25) is 0 Å². The zero-order valence-corrected chi connectivity index (χ0v) is 14.3. The molecule has 0 bridgehead atoms. The molecule has 0 aliphatic heterocycles. The summed E-state index contributed by atoms with van der Waals surface area (Å²) in [5.74, 6) is 1.03. The highest BCUT2D eigenvalue weighted by Crippen LogP contribution is 2.24. The summed E-state index contributed by atoms with van der Waals surface area (Å²) in [6, 6.07) is 16.1. The van der Waals surface area contributed by atoms with Gasteiger partial charge < -0.3 is 5.32 Å². The fourth-order valence-corrected chi connectivity index (χ4v) is 3.05. The number of rotatable bonds is 6. The molecule has 2 aromatic carbocycles. The third kappa shape index (κ3) is 5.22. The SMILES string of the molecule is Cc1ccc(CSc2cccc(CNC(C)C)c2)cc1C. The van der Waals surface area contributed by atoms with Crippen molar-refractivity contribution in [3.63, 3.8) is 0 Å². The maximum Gasteiger partial charge on any atom is 0.0232 e. The molecule has 0 aliphatic carbocycles. The summed E-state index contributed by atoms with van der Waals surface area (Å²) in [5, 5.41) is 3.47. The highest BCUT2D eigenvalue weighted by Gasteiger charge is 2.01. The van der Waals surface area contributed by atoms with Crippen LogP contribution < -0.4 is 5.32 Å². The van der Waals surface area contributed by atoms with Crippen LogP contribution in [0.2, 0.25) is 0 Å². The van der Waals surface area contributed by atoms with Crippen molar-refractivity contribution in [2.45, 2.75) is 50.9 Å². The van der Waals surface area contributed by atoms with Crippen LogP contribution >= 0.6 is 11.8 Å². The summed E-state index contributed by atoms with van der Waals surface area (Å²) < 4.78 is 0. The van der Waals surface area contributed by atoms with Crippen molar-refractivity contribution in [3.05, 3.63) is 64.7 Å². The smallest absolute Gasteiger partial charge is 0.0232 e. The van der Waals surface area contributed by atoms with Crippen molar-refractivity contribution in [3.8, 4) is 0 Å². The molecule has 1 nitrogen and oxygen atoms in total. The van der Waals surface area contributed by atoms with Crippen molar-refractivity contribution < 1.29 is 0 Å². The maximum atomic E-state index is 3.47. The van der Waals surface area contributed by atoms with Gasteiger partial charge in [0.15, 0.2) is 0 Å². The van der Waals surface area contributed by atoms with Crippen LogP contribution in [0.25, 0.3) is 0 Å². The largest absolute Gasteiger partial charge is 0.310 e. The first-order valence-electron chi connectivity index (χ1n) is 7.56. The lowest BCUT2D eigenvalue weighted by Crippen LogP contribution is -2.21. The Kier molecular flexibility index (Phi) is 5.89. The minimum absolute atomic E-state index is 0.525. The first-order valence-corrected chi connectivity index (χ1v) is 8.54. The predicted octanol–water partition coefficient (Wildman–Crippen LogP) is 5.09. The van der Waals surface area contributed by atoms with Gasteiger partial charge in [-0.15, -0.1) is 11.8 Å². The third-order valence-corrected chi connectivity index (χ3v) is 4.65. The standard InChI is InChI=1S/C19H25NS/c1-14(2)20-12-17-6-5-7-19(11-17)21-13-18-9-8-15(3)16(4)10-18/h5-11,14,20H,12-13H2,1-4H3. The summed E-state index contributed by atoms with van der Waals surface area (Å²) in [6.45, 7) is 9.64. The van der Waals surface area contributed by atoms with Gasteiger partial charge >= 0.3 is 0 Å². The lowest BCUT2D eigenvalue weighted by molar-refractivity contribution is 0.588. The second-order valence-electron chi connectivity index (χ2n) is 5.89. The first kappa shape index (κ1) is 16.1. The van der Waals surface area contributed by atoms with Crippen molar-refractivity contribution in [1.29, 1.82) is 0 Å². The van der Waals surface area contributed by atoms with E-state index in [1.54, 1.807) is 0 Å². The molecule has 0 saturated carbocycles. The highest BCUT2D eigenvalue weighted by atomic mass is 32.2. The second-order valence-corrected chi connectivity index (χ2v) is 6.94. The van der Waals surface area contributed by atoms with Crippen molar-refractivity contribution in [2.75, 3.05) is 0 Å². The van der Waals surface area contributed by atoms with E-state index in [2.05, 4.69) is 75.5 Å². The van der Waals surface area contributed by atoms with Crippen molar-refractivity contribution in [2.24, 2.45) is 0 Å². The topological polar surface area (TPSA) is 12.0 Å². The Morgan fingerprint density at radius 3 is 2.48 bits per heavy atom. The molecule has 0 amide bonds. The minimum Gasteiger partial charge on any atom is -0.310 e. The molecule has 0 saturated heterocycles. The highest BCUT2D eigenvalue weighted by molar-refractivity contribution is 7.98. The Bertz CT molecular complexity index is 590. The molecule has 2 rings (SSSR count). The molecule has 0 aliphatic rings. The minimum atomic E-state index is 0.525. The Morgan fingerprint density at radius 2 is 1.76 bits per heavy atom. The molecule has 0 unspecified atom stereocenters. The molecule has 0 heterocycles. The van der Waals surface area contributed by atoms with E-state index in [4.69, 9.17) is 0 Å². The molecule has 0 aromatic heterocycles. The van der Waals surface area contributed by atoms with Crippen LogP contribution in [0.5, 0.6) is 0 Å². The lowest BCUT2D eigenvalue weighted by atomic mass is 10.1. The molecular formula is C19H25NS. The van der Waals surface area contributed by atoms with E-state index in [9.17, 15) is 0 Å². The van der Waals surface area contributed by atoms with Crippen LogP contribution in [0.3, 0.4) is 0 Å². The van der Waals surface area contributed by atoms with Crippen molar-refractivity contribution >= 4 is 11.8 Å². The van der Waals surface area contributed by atoms with Gasteiger partial charge in [-0.25, -0.2) is 0 Å². The summed E-state index contributed by atoms with van der Waals surface area (Å²) in [5.41, 5.74) is 5.50. The number of aryl methyl sites for hydroxylation is 2. The van der Waals surface area contributed by atoms with Crippen LogP contribution in [0, 0.1) is 13.8 Å². The molecule has 0 spiro atoms. The summed E-state index contributed by atoms with van der Waals surface area (Å²) in [7, 11) is 0. The van der Waals surface area contributed by atoms with Gasteiger partial charge in [-0.2, -0.15) is 0 Å². The fourth-order valence-electron chi connectivity index (χ4n) is 2.13. The van der Waals surface area contributed by atoms with Gasteiger partial charge in [0, 0.05) is 23.2 Å². The van der Waals surface area contributed by atoms with E-state index in [0.29, 0.717) is 6.04 Å². The number of thioether (sulfide) groups is 1. The van der Waals surface area contributed by atoms with Gasteiger partial charge in [-0.3, -0.25) is 0 Å². The monoisotopic (exact) mass is 299 g/mol. The zero-order chi connectivity index (χ0) is 15.2. The first-order chi connectivity index (χ1) is 10.0. The average Bonchev–Trinajstić information content (AvgIpc) is 2.47. The Balaban J connectivity index is 1.96. The lowest BCUT2D eigenvalue weighted by Gasteiger charge is -2.10. The third-order valence-electron chi connectivity index (χ3n) is 3.59. The van der Waals surface area contributed by atoms with E-state index in [-0.39, 0.29) is 0 Å². The van der Waals surface area contributed by atoms with E-state index in [0.717, 1.165) is 12.3 Å². The maximum absolute atomic E-state index is 3.47. The van der Waals surface area contributed by atoms with Gasteiger partial charge in [-0.05, 0) is 48.2 Å². The van der Waals surface area contributed by atoms with Crippen LogP contribution in [0.4, 0.5) is 0 Å². The van der Waals surface area contributed by atoms with Gasteiger partial charge in [0.1, 0.15) is 0 Å². The Hall–Kier alpha value is -1.25. The van der Waals surface area contributed by atoms with Gasteiger partial charge in [-0.1, -0.05) is 44.2 Å². The Morgan fingerprint density at radius 1 is 0.952 bits per heavy atom. The number of hydrogen-bond donors (Lipinski definition) is 1. The molecule has 1 N–H and O–H groups in total. The van der Waals surface area contributed by atoms with Crippen LogP contribution in [0.1, 0.15) is 36.1 Å². The number of benzene rings is 2. The summed E-state index contributed by atoms with van der Waals surface area (Å²) in [6.07, 6.45) is 0.